The van der Waals surface area contributed by atoms with E-state index >= 15 is 0 Å². The van der Waals surface area contributed by atoms with Crippen molar-refractivity contribution in [3.8, 4) is 5.69 Å². The van der Waals surface area contributed by atoms with Gasteiger partial charge >= 0.3 is 0 Å². The third kappa shape index (κ3) is 2.22. The lowest BCUT2D eigenvalue weighted by molar-refractivity contribution is 0.587. The van der Waals surface area contributed by atoms with Crippen molar-refractivity contribution < 1.29 is 8.78 Å². The van der Waals surface area contributed by atoms with Gasteiger partial charge in [0.1, 0.15) is 11.6 Å². The molecule has 0 saturated heterocycles. The summed E-state index contributed by atoms with van der Waals surface area (Å²) in [7, 11) is 0. The number of imidazole rings is 1. The second-order valence-electron chi connectivity index (χ2n) is 4.61. The van der Waals surface area contributed by atoms with Crippen molar-refractivity contribution in [1.29, 1.82) is 0 Å². The van der Waals surface area contributed by atoms with Crippen molar-refractivity contribution in [2.75, 3.05) is 5.73 Å². The summed E-state index contributed by atoms with van der Waals surface area (Å²) in [5, 5.41) is 0.586. The molecule has 0 radical (unpaired) electrons. The summed E-state index contributed by atoms with van der Waals surface area (Å²) in [6.07, 6.45) is 0. The SMILES string of the molecule is Cc1cc(F)c(-n2c(N)nc3cc(Cl)c(Cl)cc32)cc1F. The smallest absolute Gasteiger partial charge is 0.206 e. The lowest BCUT2D eigenvalue weighted by atomic mass is 10.2. The number of hydrogen-bond acceptors (Lipinski definition) is 2. The Hall–Kier alpha value is -1.85. The molecule has 0 unspecified atom stereocenters. The number of nitrogens with two attached hydrogens (primary N) is 1. The first-order valence-corrected chi connectivity index (χ1v) is 6.73. The van der Waals surface area contributed by atoms with Crippen LogP contribution >= 0.6 is 23.2 Å². The maximum atomic E-state index is 14.2. The second-order valence-corrected chi connectivity index (χ2v) is 5.43. The average molecular weight is 328 g/mol. The van der Waals surface area contributed by atoms with Crippen LogP contribution in [0.15, 0.2) is 24.3 Å². The van der Waals surface area contributed by atoms with Gasteiger partial charge < -0.3 is 5.73 Å². The highest BCUT2D eigenvalue weighted by atomic mass is 35.5. The summed E-state index contributed by atoms with van der Waals surface area (Å²) in [6, 6.07) is 5.21. The zero-order chi connectivity index (χ0) is 15.3. The fourth-order valence-corrected chi connectivity index (χ4v) is 2.47. The molecule has 2 N–H and O–H groups in total. The number of aryl methyl sites for hydroxylation is 1. The Labute approximate surface area is 128 Å². The van der Waals surface area contributed by atoms with Crippen molar-refractivity contribution in [2.45, 2.75) is 6.92 Å². The van der Waals surface area contributed by atoms with Gasteiger partial charge in [0.25, 0.3) is 0 Å². The first kappa shape index (κ1) is 14.1. The van der Waals surface area contributed by atoms with Crippen LogP contribution in [0.25, 0.3) is 16.7 Å². The number of nitrogens with zero attached hydrogens (tertiary/aromatic N) is 2. The lowest BCUT2D eigenvalue weighted by Crippen LogP contribution is -2.04. The molecule has 0 amide bonds. The summed E-state index contributed by atoms with van der Waals surface area (Å²) in [4.78, 5) is 4.09. The minimum atomic E-state index is -0.606. The Morgan fingerprint density at radius 3 is 2.43 bits per heavy atom. The minimum absolute atomic E-state index is 0.0190. The number of benzene rings is 2. The fourth-order valence-electron chi connectivity index (χ4n) is 2.15. The van der Waals surface area contributed by atoms with E-state index in [2.05, 4.69) is 4.98 Å². The van der Waals surface area contributed by atoms with Crippen molar-refractivity contribution in [1.82, 2.24) is 9.55 Å². The van der Waals surface area contributed by atoms with Gasteiger partial charge in [-0.1, -0.05) is 23.2 Å². The van der Waals surface area contributed by atoms with Crippen molar-refractivity contribution >= 4 is 40.2 Å². The molecular formula is C14H9Cl2F2N3. The van der Waals surface area contributed by atoms with Gasteiger partial charge in [-0.05, 0) is 30.7 Å². The van der Waals surface area contributed by atoms with E-state index in [1.165, 1.54) is 23.6 Å². The Morgan fingerprint density at radius 2 is 1.71 bits per heavy atom. The first-order valence-electron chi connectivity index (χ1n) is 5.97. The molecule has 3 nitrogen and oxygen atoms in total. The van der Waals surface area contributed by atoms with Crippen LogP contribution in [0.4, 0.5) is 14.7 Å². The summed E-state index contributed by atoms with van der Waals surface area (Å²) in [5.74, 6) is -1.12. The zero-order valence-electron chi connectivity index (χ0n) is 10.8. The summed E-state index contributed by atoms with van der Waals surface area (Å²) in [6.45, 7) is 1.48. The second kappa shape index (κ2) is 4.86. The van der Waals surface area contributed by atoms with Crippen LogP contribution in [0.1, 0.15) is 5.56 Å². The Bertz CT molecular complexity index is 875. The topological polar surface area (TPSA) is 43.8 Å². The van der Waals surface area contributed by atoms with E-state index in [4.69, 9.17) is 28.9 Å². The molecule has 0 aliphatic carbocycles. The largest absolute Gasteiger partial charge is 0.369 e. The Balaban J connectivity index is 2.37. The standard InChI is InChI=1S/C14H9Cl2F2N3/c1-6-2-10(18)12(5-9(6)17)21-13-4-8(16)7(15)3-11(13)20-14(21)19/h2-5H,1H3,(H2,19,20). The van der Waals surface area contributed by atoms with Gasteiger partial charge in [-0.3, -0.25) is 4.57 Å². The number of anilines is 1. The van der Waals surface area contributed by atoms with Gasteiger partial charge in [-0.2, -0.15) is 0 Å². The molecule has 108 valence electrons. The number of fused-ring (bicyclic) bond motifs is 1. The van der Waals surface area contributed by atoms with E-state index in [9.17, 15) is 8.78 Å². The molecule has 2 aromatic carbocycles. The van der Waals surface area contributed by atoms with E-state index in [1.54, 1.807) is 0 Å². The van der Waals surface area contributed by atoms with Gasteiger partial charge in [0, 0.05) is 6.07 Å². The molecule has 0 saturated carbocycles. The molecule has 0 fully saturated rings. The van der Waals surface area contributed by atoms with Gasteiger partial charge in [-0.15, -0.1) is 0 Å². The van der Waals surface area contributed by atoms with Crippen LogP contribution < -0.4 is 5.73 Å². The normalized spacial score (nSPS) is 11.3. The number of halogens is 4. The quantitative estimate of drug-likeness (QED) is 0.715. The lowest BCUT2D eigenvalue weighted by Gasteiger charge is -2.09. The number of rotatable bonds is 1. The fraction of sp³-hybridized carbons (Fsp3) is 0.0714. The van der Waals surface area contributed by atoms with Gasteiger partial charge in [0.15, 0.2) is 0 Å². The molecule has 0 bridgehead atoms. The predicted molar refractivity (Wildman–Crippen MR) is 80.2 cm³/mol. The molecule has 1 heterocycles. The third-order valence-corrected chi connectivity index (χ3v) is 3.91. The van der Waals surface area contributed by atoms with Crippen molar-refractivity contribution in [3.05, 3.63) is 51.5 Å². The number of aromatic nitrogens is 2. The molecule has 0 aliphatic heterocycles. The average Bonchev–Trinajstić information content (AvgIpc) is 2.70. The van der Waals surface area contributed by atoms with E-state index in [0.29, 0.717) is 16.1 Å². The van der Waals surface area contributed by atoms with Crippen LogP contribution in [0, 0.1) is 18.6 Å². The van der Waals surface area contributed by atoms with Crippen LogP contribution in [-0.2, 0) is 0 Å². The van der Waals surface area contributed by atoms with Crippen molar-refractivity contribution in [3.63, 3.8) is 0 Å². The Kier molecular flexibility index (Phi) is 3.26. The highest BCUT2D eigenvalue weighted by Gasteiger charge is 2.17. The maximum absolute atomic E-state index is 14.2. The molecule has 3 aromatic rings. The minimum Gasteiger partial charge on any atom is -0.369 e. The van der Waals surface area contributed by atoms with E-state index < -0.39 is 11.6 Å². The van der Waals surface area contributed by atoms with E-state index in [0.717, 1.165) is 12.1 Å². The third-order valence-electron chi connectivity index (χ3n) is 3.19. The molecule has 1 aromatic heterocycles. The van der Waals surface area contributed by atoms with E-state index in [-0.39, 0.29) is 22.2 Å². The molecule has 0 aliphatic rings. The molecule has 0 atom stereocenters. The van der Waals surface area contributed by atoms with E-state index in [1.807, 2.05) is 0 Å². The Morgan fingerprint density at radius 1 is 1.05 bits per heavy atom. The molecule has 3 rings (SSSR count). The molecule has 0 spiro atoms. The molecular weight excluding hydrogens is 319 g/mol. The number of nitrogen functional groups attached to an aromatic ring is 1. The van der Waals surface area contributed by atoms with Crippen molar-refractivity contribution in [2.24, 2.45) is 0 Å². The van der Waals surface area contributed by atoms with Gasteiger partial charge in [0.05, 0.1) is 26.8 Å². The predicted octanol–water partition coefficient (Wildman–Crippen LogP) is 4.50. The first-order chi connectivity index (χ1) is 9.88. The van der Waals surface area contributed by atoms with Crippen LogP contribution in [0.3, 0.4) is 0 Å². The summed E-state index contributed by atoms with van der Waals surface area (Å²) >= 11 is 11.9. The van der Waals surface area contributed by atoms with Gasteiger partial charge in [-0.25, -0.2) is 13.8 Å². The summed E-state index contributed by atoms with van der Waals surface area (Å²) < 4.78 is 29.2. The monoisotopic (exact) mass is 327 g/mol. The van der Waals surface area contributed by atoms with Crippen LogP contribution in [0.2, 0.25) is 10.0 Å². The molecule has 7 heteroatoms. The maximum Gasteiger partial charge on any atom is 0.206 e. The number of hydrogen-bond donors (Lipinski definition) is 1. The van der Waals surface area contributed by atoms with Gasteiger partial charge in [0.2, 0.25) is 5.95 Å². The highest BCUT2D eigenvalue weighted by molar-refractivity contribution is 6.42. The summed E-state index contributed by atoms with van der Waals surface area (Å²) in [5.41, 5.74) is 6.89. The van der Waals surface area contributed by atoms with Crippen LogP contribution in [-0.4, -0.2) is 9.55 Å². The molecule has 21 heavy (non-hydrogen) atoms. The zero-order valence-corrected chi connectivity index (χ0v) is 12.3. The van der Waals surface area contributed by atoms with Crippen LogP contribution in [0.5, 0.6) is 0 Å². The highest BCUT2D eigenvalue weighted by Crippen LogP contribution is 2.32.